The number of hydrogen-bond acceptors (Lipinski definition) is 4. The fourth-order valence-electron chi connectivity index (χ4n) is 3.08. The normalized spacial score (nSPS) is 18.9. The van der Waals surface area contributed by atoms with E-state index >= 15 is 0 Å². The lowest BCUT2D eigenvalue weighted by molar-refractivity contribution is -0.166. The number of carbonyl (C=O) groups is 3. The molecule has 0 saturated carbocycles. The summed E-state index contributed by atoms with van der Waals surface area (Å²) < 4.78 is 5.48. The van der Waals surface area contributed by atoms with E-state index in [1.54, 1.807) is 26.0 Å². The van der Waals surface area contributed by atoms with Crippen LogP contribution in [0.1, 0.15) is 41.0 Å². The van der Waals surface area contributed by atoms with Gasteiger partial charge in [0.1, 0.15) is 11.6 Å². The van der Waals surface area contributed by atoms with E-state index in [9.17, 15) is 14.4 Å². The summed E-state index contributed by atoms with van der Waals surface area (Å²) in [5.74, 6) is -0.849. The molecule has 0 bridgehead atoms. The Morgan fingerprint density at radius 2 is 1.68 bits per heavy atom. The molecule has 0 aliphatic carbocycles. The molecule has 1 rings (SSSR count). The molecule has 3 amide bonds. The first-order chi connectivity index (χ1) is 11.3. The van der Waals surface area contributed by atoms with Crippen LogP contribution in [0.15, 0.2) is 0 Å². The van der Waals surface area contributed by atoms with E-state index in [-0.39, 0.29) is 23.8 Å². The second-order valence-corrected chi connectivity index (χ2v) is 8.28. The Morgan fingerprint density at radius 1 is 1.12 bits per heavy atom. The summed E-state index contributed by atoms with van der Waals surface area (Å²) >= 11 is 0. The van der Waals surface area contributed by atoms with Gasteiger partial charge in [-0.15, -0.1) is 0 Å². The molecule has 25 heavy (non-hydrogen) atoms. The number of amides is 3. The summed E-state index contributed by atoms with van der Waals surface area (Å²) in [6.07, 6.45) is 0.613. The zero-order valence-corrected chi connectivity index (χ0v) is 16.8. The van der Waals surface area contributed by atoms with Gasteiger partial charge in [-0.05, 0) is 33.1 Å². The predicted molar refractivity (Wildman–Crippen MR) is 96.0 cm³/mol. The van der Waals surface area contributed by atoms with E-state index in [0.717, 1.165) is 0 Å². The molecule has 0 N–H and O–H groups in total. The van der Waals surface area contributed by atoms with Crippen molar-refractivity contribution in [2.75, 3.05) is 34.2 Å². The van der Waals surface area contributed by atoms with E-state index in [1.807, 2.05) is 34.6 Å². The summed E-state index contributed by atoms with van der Waals surface area (Å²) in [6, 6.07) is -0.726. The van der Waals surface area contributed by atoms with Crippen molar-refractivity contribution in [3.63, 3.8) is 0 Å². The molecule has 7 nitrogen and oxygen atoms in total. The van der Waals surface area contributed by atoms with Crippen LogP contribution in [-0.4, -0.2) is 78.5 Å². The van der Waals surface area contributed by atoms with Crippen LogP contribution in [0.25, 0.3) is 0 Å². The molecule has 0 aromatic rings. The maximum absolute atomic E-state index is 12.9. The zero-order valence-electron chi connectivity index (χ0n) is 16.8. The molecule has 1 aliphatic rings. The molecule has 1 saturated heterocycles. The quantitative estimate of drug-likeness (QED) is 0.721. The number of urea groups is 1. The van der Waals surface area contributed by atoms with Gasteiger partial charge in [-0.3, -0.25) is 4.79 Å². The Labute approximate surface area is 151 Å². The van der Waals surface area contributed by atoms with Crippen molar-refractivity contribution in [3.05, 3.63) is 0 Å². The molecular formula is C18H33N3O4. The van der Waals surface area contributed by atoms with Gasteiger partial charge in [0.2, 0.25) is 5.91 Å². The summed E-state index contributed by atoms with van der Waals surface area (Å²) in [7, 11) is 5.04. The van der Waals surface area contributed by atoms with Gasteiger partial charge in [-0.2, -0.15) is 0 Å². The monoisotopic (exact) mass is 355 g/mol. The van der Waals surface area contributed by atoms with E-state index in [0.29, 0.717) is 19.5 Å². The molecular weight excluding hydrogens is 322 g/mol. The largest absolute Gasteiger partial charge is 0.458 e. The number of likely N-dealkylation sites (N-methyl/N-ethyl adjacent to an activating group) is 1. The molecule has 0 radical (unpaired) electrons. The molecule has 144 valence electrons. The molecule has 1 fully saturated rings. The highest BCUT2D eigenvalue weighted by Crippen LogP contribution is 2.23. The number of esters is 1. The van der Waals surface area contributed by atoms with E-state index in [2.05, 4.69) is 0 Å². The van der Waals surface area contributed by atoms with E-state index in [1.165, 1.54) is 9.80 Å². The second-order valence-electron chi connectivity index (χ2n) is 8.28. The fraction of sp³-hybridized carbons (Fsp3) is 0.833. The van der Waals surface area contributed by atoms with Gasteiger partial charge in [-0.1, -0.05) is 13.8 Å². The smallest absolute Gasteiger partial charge is 0.329 e. The summed E-state index contributed by atoms with van der Waals surface area (Å²) in [6.45, 7) is 10.2. The highest BCUT2D eigenvalue weighted by atomic mass is 16.6. The third kappa shape index (κ3) is 5.61. The minimum absolute atomic E-state index is 0.0651. The Kier molecular flexibility index (Phi) is 6.85. The maximum atomic E-state index is 12.9. The maximum Gasteiger partial charge on any atom is 0.329 e. The molecule has 1 heterocycles. The zero-order chi connectivity index (χ0) is 19.5. The average Bonchev–Trinajstić information content (AvgIpc) is 2.92. The van der Waals surface area contributed by atoms with Crippen LogP contribution in [-0.2, 0) is 14.3 Å². The number of nitrogens with zero attached hydrogens (tertiary/aromatic N) is 3. The Balaban J connectivity index is 2.82. The van der Waals surface area contributed by atoms with Crippen molar-refractivity contribution in [1.82, 2.24) is 14.7 Å². The van der Waals surface area contributed by atoms with Crippen LogP contribution >= 0.6 is 0 Å². The topological polar surface area (TPSA) is 70.2 Å². The lowest BCUT2D eigenvalue weighted by atomic mass is 9.99. The molecule has 2 atom stereocenters. The summed E-state index contributed by atoms with van der Waals surface area (Å²) in [4.78, 5) is 42.1. The van der Waals surface area contributed by atoms with Crippen LogP contribution in [0, 0.1) is 11.8 Å². The molecule has 0 spiro atoms. The van der Waals surface area contributed by atoms with Gasteiger partial charge in [0.15, 0.2) is 0 Å². The first-order valence-corrected chi connectivity index (χ1v) is 8.81. The lowest BCUT2D eigenvalue weighted by Gasteiger charge is -2.33. The SMILES string of the molecule is CC(C)[C@@H](C(=O)OC(C)(C)C)N(C)C(=O)[C@H]1CCN(C(=O)N(C)C)C1. The third-order valence-corrected chi connectivity index (χ3v) is 4.24. The Hall–Kier alpha value is -1.79. The molecule has 1 aliphatic heterocycles. The molecule has 0 aromatic heterocycles. The average molecular weight is 355 g/mol. The lowest BCUT2D eigenvalue weighted by Crippen LogP contribution is -2.50. The van der Waals surface area contributed by atoms with Crippen molar-refractivity contribution >= 4 is 17.9 Å². The first kappa shape index (κ1) is 21.3. The number of likely N-dealkylation sites (tertiary alicyclic amines) is 1. The van der Waals surface area contributed by atoms with Crippen molar-refractivity contribution < 1.29 is 19.1 Å². The summed E-state index contributed by atoms with van der Waals surface area (Å²) in [5, 5.41) is 0. The Bertz CT molecular complexity index is 511. The third-order valence-electron chi connectivity index (χ3n) is 4.24. The van der Waals surface area contributed by atoms with Gasteiger partial charge in [0, 0.05) is 34.2 Å². The number of carbonyl (C=O) groups excluding carboxylic acids is 3. The summed E-state index contributed by atoms with van der Waals surface area (Å²) in [5.41, 5.74) is -0.601. The van der Waals surface area contributed by atoms with E-state index in [4.69, 9.17) is 4.74 Å². The van der Waals surface area contributed by atoms with Gasteiger partial charge in [0.25, 0.3) is 0 Å². The standard InChI is InChI=1S/C18H33N3O4/c1-12(2)14(16(23)25-18(3,4)5)20(8)15(22)13-9-10-21(11-13)17(24)19(6)7/h12-14H,9-11H2,1-8H3/t13-,14-/m0/s1. The van der Waals surface area contributed by atoms with E-state index < -0.39 is 17.6 Å². The van der Waals surface area contributed by atoms with Crippen LogP contribution in [0.3, 0.4) is 0 Å². The molecule has 7 heteroatoms. The predicted octanol–water partition coefficient (Wildman–Crippen LogP) is 1.81. The Morgan fingerprint density at radius 3 is 2.12 bits per heavy atom. The fourth-order valence-corrected chi connectivity index (χ4v) is 3.08. The van der Waals surface area contributed by atoms with Crippen molar-refractivity contribution in [2.45, 2.75) is 52.7 Å². The van der Waals surface area contributed by atoms with Crippen molar-refractivity contribution in [3.8, 4) is 0 Å². The van der Waals surface area contributed by atoms with Gasteiger partial charge < -0.3 is 19.4 Å². The van der Waals surface area contributed by atoms with Gasteiger partial charge in [0.05, 0.1) is 5.92 Å². The van der Waals surface area contributed by atoms with Crippen molar-refractivity contribution in [2.24, 2.45) is 11.8 Å². The number of hydrogen-bond donors (Lipinski definition) is 0. The second kappa shape index (κ2) is 8.06. The molecule has 0 aromatic carbocycles. The van der Waals surface area contributed by atoms with Gasteiger partial charge >= 0.3 is 12.0 Å². The minimum Gasteiger partial charge on any atom is -0.458 e. The highest BCUT2D eigenvalue weighted by molar-refractivity contribution is 5.87. The first-order valence-electron chi connectivity index (χ1n) is 8.81. The highest BCUT2D eigenvalue weighted by Gasteiger charge is 2.39. The minimum atomic E-state index is -0.634. The van der Waals surface area contributed by atoms with Crippen LogP contribution < -0.4 is 0 Å². The van der Waals surface area contributed by atoms with Crippen LogP contribution in [0.4, 0.5) is 4.79 Å². The number of ether oxygens (including phenoxy) is 1. The number of rotatable bonds is 4. The van der Waals surface area contributed by atoms with Crippen LogP contribution in [0.5, 0.6) is 0 Å². The van der Waals surface area contributed by atoms with Gasteiger partial charge in [-0.25, -0.2) is 9.59 Å². The van der Waals surface area contributed by atoms with Crippen LogP contribution in [0.2, 0.25) is 0 Å². The van der Waals surface area contributed by atoms with Crippen molar-refractivity contribution in [1.29, 1.82) is 0 Å². The molecule has 0 unspecified atom stereocenters.